The van der Waals surface area contributed by atoms with Crippen LogP contribution in [-0.4, -0.2) is 28.0 Å². The van der Waals surface area contributed by atoms with Crippen molar-refractivity contribution in [3.05, 3.63) is 70.3 Å². The van der Waals surface area contributed by atoms with Crippen molar-refractivity contribution in [2.75, 3.05) is 11.9 Å². The molecule has 0 saturated carbocycles. The van der Waals surface area contributed by atoms with E-state index in [1.165, 1.54) is 4.57 Å². The van der Waals surface area contributed by atoms with Gasteiger partial charge in [0.2, 0.25) is 0 Å². The Labute approximate surface area is 166 Å². The molecule has 3 aromatic rings. The second kappa shape index (κ2) is 8.80. The van der Waals surface area contributed by atoms with Gasteiger partial charge in [-0.15, -0.1) is 0 Å². The number of fused-ring (bicyclic) bond motifs is 1. The number of anilines is 1. The van der Waals surface area contributed by atoms with Crippen LogP contribution in [0.2, 0.25) is 0 Å². The highest BCUT2D eigenvalue weighted by Crippen LogP contribution is 2.10. The SMILES string of the molecule is Cn1c(CCC(=O)OCC(=O)Nc2ccc(C#N)cc2)nc2ccccc2c1=O. The number of benzene rings is 2. The van der Waals surface area contributed by atoms with E-state index in [9.17, 15) is 14.4 Å². The number of esters is 1. The molecule has 3 rings (SSSR count). The van der Waals surface area contributed by atoms with E-state index >= 15 is 0 Å². The van der Waals surface area contributed by atoms with Crippen molar-refractivity contribution in [1.82, 2.24) is 9.55 Å². The lowest BCUT2D eigenvalue weighted by Crippen LogP contribution is -2.24. The first-order valence-corrected chi connectivity index (χ1v) is 8.88. The van der Waals surface area contributed by atoms with Crippen molar-refractivity contribution < 1.29 is 14.3 Å². The molecule has 0 aliphatic rings. The van der Waals surface area contributed by atoms with Crippen molar-refractivity contribution in [1.29, 1.82) is 5.26 Å². The fourth-order valence-electron chi connectivity index (χ4n) is 2.74. The number of amides is 1. The highest BCUT2D eigenvalue weighted by molar-refractivity contribution is 5.92. The van der Waals surface area contributed by atoms with Gasteiger partial charge in [0.05, 0.1) is 29.0 Å². The molecule has 2 aromatic carbocycles. The lowest BCUT2D eigenvalue weighted by Gasteiger charge is -2.09. The van der Waals surface area contributed by atoms with E-state index in [0.717, 1.165) is 0 Å². The summed E-state index contributed by atoms with van der Waals surface area (Å²) in [6.45, 7) is -0.428. The van der Waals surface area contributed by atoms with Crippen LogP contribution in [0.25, 0.3) is 10.9 Å². The van der Waals surface area contributed by atoms with Crippen LogP contribution >= 0.6 is 0 Å². The fourth-order valence-corrected chi connectivity index (χ4v) is 2.74. The molecule has 0 unspecified atom stereocenters. The van der Waals surface area contributed by atoms with E-state index in [0.29, 0.717) is 28.0 Å². The van der Waals surface area contributed by atoms with Gasteiger partial charge < -0.3 is 10.1 Å². The van der Waals surface area contributed by atoms with Crippen LogP contribution < -0.4 is 10.9 Å². The Kier molecular flexibility index (Phi) is 6.00. The van der Waals surface area contributed by atoms with Crippen molar-refractivity contribution >= 4 is 28.5 Å². The van der Waals surface area contributed by atoms with Gasteiger partial charge in [-0.1, -0.05) is 12.1 Å². The summed E-state index contributed by atoms with van der Waals surface area (Å²) in [5.74, 6) is -0.589. The molecule has 0 saturated heterocycles. The molecule has 0 spiro atoms. The molecule has 0 bridgehead atoms. The maximum atomic E-state index is 12.4. The molecule has 8 heteroatoms. The molecule has 146 valence electrons. The zero-order chi connectivity index (χ0) is 20.8. The molecule has 8 nitrogen and oxygen atoms in total. The number of carbonyl (C=O) groups excluding carboxylic acids is 2. The average molecular weight is 390 g/mol. The first kappa shape index (κ1) is 19.8. The van der Waals surface area contributed by atoms with Crippen LogP contribution in [0, 0.1) is 11.3 Å². The quantitative estimate of drug-likeness (QED) is 0.643. The summed E-state index contributed by atoms with van der Waals surface area (Å²) in [4.78, 5) is 40.6. The average Bonchev–Trinajstić information content (AvgIpc) is 2.74. The van der Waals surface area contributed by atoms with Gasteiger partial charge in [0.1, 0.15) is 5.82 Å². The number of hydrogen-bond donors (Lipinski definition) is 1. The molecule has 1 N–H and O–H groups in total. The van der Waals surface area contributed by atoms with Crippen molar-refractivity contribution in [2.24, 2.45) is 7.05 Å². The number of nitrogens with one attached hydrogen (secondary N) is 1. The molecule has 29 heavy (non-hydrogen) atoms. The maximum absolute atomic E-state index is 12.4. The molecular weight excluding hydrogens is 372 g/mol. The number of carbonyl (C=O) groups is 2. The minimum Gasteiger partial charge on any atom is -0.456 e. The van der Waals surface area contributed by atoms with E-state index < -0.39 is 18.5 Å². The van der Waals surface area contributed by atoms with Crippen LogP contribution in [0.3, 0.4) is 0 Å². The third-order valence-electron chi connectivity index (χ3n) is 4.29. The number of nitrogens with zero attached hydrogens (tertiary/aromatic N) is 3. The molecule has 0 aliphatic carbocycles. The summed E-state index contributed by atoms with van der Waals surface area (Å²) in [5, 5.41) is 11.8. The first-order chi connectivity index (χ1) is 14.0. The predicted octanol–water partition coefficient (Wildman–Crippen LogP) is 1.92. The van der Waals surface area contributed by atoms with Crippen LogP contribution in [0.5, 0.6) is 0 Å². The smallest absolute Gasteiger partial charge is 0.306 e. The van der Waals surface area contributed by atoms with Crippen LogP contribution in [0.4, 0.5) is 5.69 Å². The molecule has 1 amide bonds. The summed E-state index contributed by atoms with van der Waals surface area (Å²) in [6.07, 6.45) is 0.204. The Morgan fingerprint density at radius 1 is 1.17 bits per heavy atom. The van der Waals surface area contributed by atoms with Crippen molar-refractivity contribution in [3.63, 3.8) is 0 Å². The number of hydrogen-bond acceptors (Lipinski definition) is 6. The minimum atomic E-state index is -0.567. The normalized spacial score (nSPS) is 10.3. The van der Waals surface area contributed by atoms with E-state index in [4.69, 9.17) is 10.00 Å². The van der Waals surface area contributed by atoms with Gasteiger partial charge in [0, 0.05) is 19.2 Å². The summed E-state index contributed by atoms with van der Waals surface area (Å²) in [7, 11) is 1.60. The predicted molar refractivity (Wildman–Crippen MR) is 106 cm³/mol. The lowest BCUT2D eigenvalue weighted by atomic mass is 10.2. The van der Waals surface area contributed by atoms with Crippen LogP contribution in [-0.2, 0) is 27.8 Å². The number of nitriles is 1. The standard InChI is InChI=1S/C21H18N4O4/c1-25-18(24-17-5-3-2-4-16(17)21(25)28)10-11-20(27)29-13-19(26)23-15-8-6-14(12-22)7-9-15/h2-9H,10-11,13H2,1H3,(H,23,26). The zero-order valence-corrected chi connectivity index (χ0v) is 15.7. The molecule has 0 aliphatic heterocycles. The van der Waals surface area contributed by atoms with E-state index in [1.807, 2.05) is 6.07 Å². The number of para-hydroxylation sites is 1. The summed E-state index contributed by atoms with van der Waals surface area (Å²) >= 11 is 0. The van der Waals surface area contributed by atoms with Crippen molar-refractivity contribution in [3.8, 4) is 6.07 Å². The molecule has 0 fully saturated rings. The summed E-state index contributed by atoms with van der Waals surface area (Å²) < 4.78 is 6.39. The Bertz CT molecular complexity index is 1160. The molecule has 1 aromatic heterocycles. The maximum Gasteiger partial charge on any atom is 0.306 e. The van der Waals surface area contributed by atoms with Gasteiger partial charge in [-0.3, -0.25) is 19.0 Å². The Balaban J connectivity index is 1.53. The van der Waals surface area contributed by atoms with Gasteiger partial charge in [-0.25, -0.2) is 4.98 Å². The van der Waals surface area contributed by atoms with Crippen LogP contribution in [0.1, 0.15) is 17.8 Å². The highest BCUT2D eigenvalue weighted by Gasteiger charge is 2.12. The van der Waals surface area contributed by atoms with E-state index in [-0.39, 0.29) is 18.4 Å². The lowest BCUT2D eigenvalue weighted by molar-refractivity contribution is -0.147. The third kappa shape index (κ3) is 4.84. The molecule has 0 radical (unpaired) electrons. The molecular formula is C21H18N4O4. The largest absolute Gasteiger partial charge is 0.456 e. The van der Waals surface area contributed by atoms with Gasteiger partial charge in [0.15, 0.2) is 6.61 Å². The highest BCUT2D eigenvalue weighted by atomic mass is 16.5. The third-order valence-corrected chi connectivity index (χ3v) is 4.29. The van der Waals surface area contributed by atoms with E-state index in [1.54, 1.807) is 55.6 Å². The second-order valence-electron chi connectivity index (χ2n) is 6.31. The van der Waals surface area contributed by atoms with Gasteiger partial charge in [0.25, 0.3) is 11.5 Å². The van der Waals surface area contributed by atoms with Gasteiger partial charge in [-0.05, 0) is 36.4 Å². The van der Waals surface area contributed by atoms with Crippen molar-refractivity contribution in [2.45, 2.75) is 12.8 Å². The number of aromatic nitrogens is 2. The number of ether oxygens (including phenoxy) is 1. The number of rotatable bonds is 6. The van der Waals surface area contributed by atoms with Crippen LogP contribution in [0.15, 0.2) is 53.3 Å². The first-order valence-electron chi connectivity index (χ1n) is 8.88. The molecule has 1 heterocycles. The fraction of sp³-hybridized carbons (Fsp3) is 0.190. The second-order valence-corrected chi connectivity index (χ2v) is 6.31. The minimum absolute atomic E-state index is 0.0111. The Morgan fingerprint density at radius 2 is 1.90 bits per heavy atom. The monoisotopic (exact) mass is 390 g/mol. The molecule has 0 atom stereocenters. The summed E-state index contributed by atoms with van der Waals surface area (Å²) in [5.41, 5.74) is 1.37. The Morgan fingerprint density at radius 3 is 2.62 bits per heavy atom. The van der Waals surface area contributed by atoms with Gasteiger partial charge >= 0.3 is 5.97 Å². The Hall–Kier alpha value is -3.99. The van der Waals surface area contributed by atoms with Gasteiger partial charge in [-0.2, -0.15) is 5.26 Å². The summed E-state index contributed by atoms with van der Waals surface area (Å²) in [6, 6.07) is 15.3. The number of aryl methyl sites for hydroxylation is 1. The van der Waals surface area contributed by atoms with E-state index in [2.05, 4.69) is 10.3 Å². The zero-order valence-electron chi connectivity index (χ0n) is 15.7. The topological polar surface area (TPSA) is 114 Å².